The summed E-state index contributed by atoms with van der Waals surface area (Å²) >= 11 is 3.43. The number of amides is 2. The Hall–Kier alpha value is -0.380. The minimum absolute atomic E-state index is 0.00127. The van der Waals surface area contributed by atoms with E-state index in [9.17, 15) is 9.59 Å². The van der Waals surface area contributed by atoms with Gasteiger partial charge in [-0.05, 0) is 18.3 Å². The molecule has 2 rings (SSSR count). The smallest absolute Gasteiger partial charge is 0.233 e. The van der Waals surface area contributed by atoms with Crippen LogP contribution >= 0.6 is 15.9 Å². The summed E-state index contributed by atoms with van der Waals surface area (Å²) in [4.78, 5) is 25.7. The van der Waals surface area contributed by atoms with Gasteiger partial charge in [0.1, 0.15) is 0 Å². The SMILES string of the molecule is CC(C)(CBr)CN1C(=O)C2CCCC2C1=O. The van der Waals surface area contributed by atoms with Gasteiger partial charge in [0.15, 0.2) is 0 Å². The first-order chi connectivity index (χ1) is 7.46. The third kappa shape index (κ3) is 1.92. The summed E-state index contributed by atoms with van der Waals surface area (Å²) in [6.45, 7) is 4.68. The highest BCUT2D eigenvalue weighted by molar-refractivity contribution is 9.09. The molecule has 0 aromatic carbocycles. The molecule has 2 atom stereocenters. The highest BCUT2D eigenvalue weighted by atomic mass is 79.9. The molecule has 1 saturated carbocycles. The molecular formula is C12H18BrNO2. The van der Waals surface area contributed by atoms with Crippen LogP contribution in [0.3, 0.4) is 0 Å². The fourth-order valence-electron chi connectivity index (χ4n) is 2.69. The van der Waals surface area contributed by atoms with Gasteiger partial charge in [0.25, 0.3) is 0 Å². The fourth-order valence-corrected chi connectivity index (χ4v) is 2.86. The van der Waals surface area contributed by atoms with Crippen molar-refractivity contribution in [3.05, 3.63) is 0 Å². The van der Waals surface area contributed by atoms with Crippen LogP contribution in [0.1, 0.15) is 33.1 Å². The van der Waals surface area contributed by atoms with E-state index in [1.807, 2.05) is 0 Å². The molecule has 1 aliphatic heterocycles. The lowest BCUT2D eigenvalue weighted by atomic mass is 9.96. The summed E-state index contributed by atoms with van der Waals surface area (Å²) in [5, 5.41) is 0.798. The van der Waals surface area contributed by atoms with E-state index in [0.29, 0.717) is 6.54 Å². The second-order valence-electron chi connectivity index (χ2n) is 5.70. The molecule has 1 aliphatic carbocycles. The zero-order valence-electron chi connectivity index (χ0n) is 9.83. The zero-order valence-corrected chi connectivity index (χ0v) is 11.4. The predicted molar refractivity (Wildman–Crippen MR) is 65.1 cm³/mol. The Labute approximate surface area is 105 Å². The molecule has 4 heteroatoms. The van der Waals surface area contributed by atoms with Gasteiger partial charge in [0.2, 0.25) is 11.8 Å². The number of alkyl halides is 1. The number of halogens is 1. The molecule has 2 fully saturated rings. The lowest BCUT2D eigenvalue weighted by Gasteiger charge is -2.27. The number of nitrogens with zero attached hydrogens (tertiary/aromatic N) is 1. The molecule has 1 saturated heterocycles. The average Bonchev–Trinajstić information content (AvgIpc) is 2.79. The van der Waals surface area contributed by atoms with Crippen LogP contribution in [-0.4, -0.2) is 28.6 Å². The quantitative estimate of drug-likeness (QED) is 0.589. The molecule has 0 aromatic rings. The maximum Gasteiger partial charge on any atom is 0.233 e. The molecule has 2 unspecified atom stereocenters. The van der Waals surface area contributed by atoms with Crippen molar-refractivity contribution < 1.29 is 9.59 Å². The van der Waals surface area contributed by atoms with Crippen molar-refractivity contribution in [3.8, 4) is 0 Å². The Morgan fingerprint density at radius 2 is 1.75 bits per heavy atom. The second kappa shape index (κ2) is 4.13. The number of fused-ring (bicyclic) bond motifs is 1. The summed E-state index contributed by atoms with van der Waals surface area (Å²) < 4.78 is 0. The molecule has 3 nitrogen and oxygen atoms in total. The van der Waals surface area contributed by atoms with Crippen LogP contribution in [0.5, 0.6) is 0 Å². The lowest BCUT2D eigenvalue weighted by Crippen LogP contribution is -2.40. The van der Waals surface area contributed by atoms with Crippen LogP contribution in [0.2, 0.25) is 0 Å². The van der Waals surface area contributed by atoms with Crippen molar-refractivity contribution in [3.63, 3.8) is 0 Å². The van der Waals surface area contributed by atoms with Crippen molar-refractivity contribution in [1.29, 1.82) is 0 Å². The zero-order chi connectivity index (χ0) is 11.9. The number of imide groups is 1. The molecule has 0 bridgehead atoms. The van der Waals surface area contributed by atoms with Crippen LogP contribution < -0.4 is 0 Å². The van der Waals surface area contributed by atoms with Gasteiger partial charge in [-0.2, -0.15) is 0 Å². The molecule has 0 spiro atoms. The standard InChI is InChI=1S/C12H18BrNO2/c1-12(2,6-13)7-14-10(15)8-4-3-5-9(8)11(14)16/h8-9H,3-7H2,1-2H3. The summed E-state index contributed by atoms with van der Waals surface area (Å²) in [7, 11) is 0. The maximum atomic E-state index is 12.1. The fraction of sp³-hybridized carbons (Fsp3) is 0.833. The maximum absolute atomic E-state index is 12.1. The normalized spacial score (nSPS) is 30.1. The van der Waals surface area contributed by atoms with Gasteiger partial charge in [0.05, 0.1) is 11.8 Å². The van der Waals surface area contributed by atoms with E-state index in [4.69, 9.17) is 0 Å². The third-order valence-corrected chi connectivity index (χ3v) is 5.15. The highest BCUT2D eigenvalue weighted by Crippen LogP contribution is 2.40. The lowest BCUT2D eigenvalue weighted by molar-refractivity contribution is -0.141. The molecule has 0 aromatic heterocycles. The minimum atomic E-state index is -0.0377. The number of likely N-dealkylation sites (tertiary alicyclic amines) is 1. The molecule has 0 radical (unpaired) electrons. The number of rotatable bonds is 3. The Morgan fingerprint density at radius 1 is 1.25 bits per heavy atom. The van der Waals surface area contributed by atoms with E-state index in [1.165, 1.54) is 4.90 Å². The third-order valence-electron chi connectivity index (χ3n) is 3.63. The Bertz CT molecular complexity index is 305. The van der Waals surface area contributed by atoms with E-state index in [2.05, 4.69) is 29.8 Å². The van der Waals surface area contributed by atoms with E-state index >= 15 is 0 Å². The van der Waals surface area contributed by atoms with Gasteiger partial charge in [-0.1, -0.05) is 36.2 Å². The van der Waals surface area contributed by atoms with E-state index in [-0.39, 0.29) is 29.1 Å². The van der Waals surface area contributed by atoms with Crippen LogP contribution in [0.25, 0.3) is 0 Å². The summed E-state index contributed by atoms with van der Waals surface area (Å²) in [5.41, 5.74) is -0.0377. The summed E-state index contributed by atoms with van der Waals surface area (Å²) in [6, 6.07) is 0. The van der Waals surface area contributed by atoms with Crippen LogP contribution in [0, 0.1) is 17.3 Å². The summed E-state index contributed by atoms with van der Waals surface area (Å²) in [6.07, 6.45) is 2.84. The van der Waals surface area contributed by atoms with Gasteiger partial charge in [-0.25, -0.2) is 0 Å². The van der Waals surface area contributed by atoms with Crippen LogP contribution in [0.4, 0.5) is 0 Å². The van der Waals surface area contributed by atoms with Crippen molar-refractivity contribution in [2.24, 2.45) is 17.3 Å². The Morgan fingerprint density at radius 3 is 2.19 bits per heavy atom. The monoisotopic (exact) mass is 287 g/mol. The van der Waals surface area contributed by atoms with E-state index < -0.39 is 0 Å². The topological polar surface area (TPSA) is 37.4 Å². The summed E-state index contributed by atoms with van der Waals surface area (Å²) in [5.74, 6) is 0.139. The largest absolute Gasteiger partial charge is 0.282 e. The van der Waals surface area contributed by atoms with Crippen molar-refractivity contribution >= 4 is 27.7 Å². The number of hydrogen-bond acceptors (Lipinski definition) is 2. The van der Waals surface area contributed by atoms with Gasteiger partial charge in [-0.3, -0.25) is 14.5 Å². The van der Waals surface area contributed by atoms with Crippen molar-refractivity contribution in [1.82, 2.24) is 4.90 Å². The van der Waals surface area contributed by atoms with E-state index in [0.717, 1.165) is 24.6 Å². The van der Waals surface area contributed by atoms with Gasteiger partial charge >= 0.3 is 0 Å². The van der Waals surface area contributed by atoms with Crippen molar-refractivity contribution in [2.45, 2.75) is 33.1 Å². The molecule has 2 aliphatic rings. The van der Waals surface area contributed by atoms with Crippen molar-refractivity contribution in [2.75, 3.05) is 11.9 Å². The Balaban J connectivity index is 2.12. The van der Waals surface area contributed by atoms with Crippen LogP contribution in [0.15, 0.2) is 0 Å². The average molecular weight is 288 g/mol. The first kappa shape index (κ1) is 12.1. The molecule has 2 amide bonds. The molecule has 90 valence electrons. The molecule has 0 N–H and O–H groups in total. The predicted octanol–water partition coefficient (Wildman–Crippen LogP) is 2.19. The first-order valence-electron chi connectivity index (χ1n) is 5.87. The number of hydrogen-bond donors (Lipinski definition) is 0. The first-order valence-corrected chi connectivity index (χ1v) is 6.99. The highest BCUT2D eigenvalue weighted by Gasteiger charge is 2.50. The second-order valence-corrected chi connectivity index (χ2v) is 6.27. The van der Waals surface area contributed by atoms with Crippen LogP contribution in [-0.2, 0) is 9.59 Å². The number of carbonyl (C=O) groups is 2. The van der Waals surface area contributed by atoms with Gasteiger partial charge < -0.3 is 0 Å². The minimum Gasteiger partial charge on any atom is -0.282 e. The van der Waals surface area contributed by atoms with Gasteiger partial charge in [-0.15, -0.1) is 0 Å². The number of carbonyl (C=O) groups excluding carboxylic acids is 2. The molecular weight excluding hydrogens is 270 g/mol. The van der Waals surface area contributed by atoms with Gasteiger partial charge in [0, 0.05) is 11.9 Å². The molecule has 16 heavy (non-hydrogen) atoms. The van der Waals surface area contributed by atoms with E-state index in [1.54, 1.807) is 0 Å². The molecule has 1 heterocycles. The Kier molecular flexibility index (Phi) is 3.12.